The Morgan fingerprint density at radius 2 is 2.39 bits per heavy atom. The van der Waals surface area contributed by atoms with Crippen molar-refractivity contribution in [2.75, 3.05) is 23.0 Å². The summed E-state index contributed by atoms with van der Waals surface area (Å²) in [5, 5.41) is 12.1. The molecule has 0 saturated carbocycles. The Labute approximate surface area is 116 Å². The molecule has 6 heteroatoms. The van der Waals surface area contributed by atoms with Crippen molar-refractivity contribution in [3.63, 3.8) is 0 Å². The summed E-state index contributed by atoms with van der Waals surface area (Å²) >= 11 is 8.14. The van der Waals surface area contributed by atoms with Crippen molar-refractivity contribution in [2.45, 2.75) is 13.0 Å². The van der Waals surface area contributed by atoms with Crippen LogP contribution in [-0.4, -0.2) is 35.1 Å². The van der Waals surface area contributed by atoms with Crippen molar-refractivity contribution < 1.29 is 5.21 Å². The molecule has 0 amide bonds. The average Bonchev–Trinajstić information content (AvgIpc) is 2.38. The highest BCUT2D eigenvalue weighted by Gasteiger charge is 2.19. The highest BCUT2D eigenvalue weighted by atomic mass is 35.5. The van der Waals surface area contributed by atoms with Gasteiger partial charge in [0.15, 0.2) is 5.84 Å². The number of thioether (sulfide) groups is 1. The van der Waals surface area contributed by atoms with Crippen molar-refractivity contribution in [1.29, 1.82) is 0 Å². The highest BCUT2D eigenvalue weighted by Crippen LogP contribution is 2.28. The van der Waals surface area contributed by atoms with Crippen LogP contribution in [0.25, 0.3) is 0 Å². The molecule has 1 aromatic rings. The molecule has 2 rings (SSSR count). The standard InChI is InChI=1S/C12H16ClN3OS/c1-8-7-18-5-4-16(8)9-2-3-10(11(13)6-9)12(14)15-17/h2-3,6,8,17H,4-5,7H2,1H3,(H2,14,15). The molecule has 0 radical (unpaired) electrons. The number of hydrogen-bond acceptors (Lipinski definition) is 4. The van der Waals surface area contributed by atoms with Crippen LogP contribution in [0.1, 0.15) is 12.5 Å². The van der Waals surface area contributed by atoms with Gasteiger partial charge in [-0.05, 0) is 25.1 Å². The fourth-order valence-electron chi connectivity index (χ4n) is 2.05. The Morgan fingerprint density at radius 1 is 1.61 bits per heavy atom. The van der Waals surface area contributed by atoms with E-state index in [0.717, 1.165) is 23.7 Å². The zero-order valence-electron chi connectivity index (χ0n) is 10.1. The second kappa shape index (κ2) is 5.71. The average molecular weight is 286 g/mol. The molecular weight excluding hydrogens is 270 g/mol. The fourth-order valence-corrected chi connectivity index (χ4v) is 3.34. The maximum absolute atomic E-state index is 8.66. The lowest BCUT2D eigenvalue weighted by atomic mass is 10.1. The number of amidine groups is 1. The van der Waals surface area contributed by atoms with Crippen LogP contribution < -0.4 is 10.6 Å². The SMILES string of the molecule is CC1CSCCN1c1ccc(C(N)=NO)c(Cl)c1. The van der Waals surface area contributed by atoms with Crippen LogP contribution in [-0.2, 0) is 0 Å². The van der Waals surface area contributed by atoms with Crippen LogP contribution in [0.2, 0.25) is 5.02 Å². The van der Waals surface area contributed by atoms with Crippen LogP contribution in [0.3, 0.4) is 0 Å². The lowest BCUT2D eigenvalue weighted by Gasteiger charge is -2.35. The van der Waals surface area contributed by atoms with Crippen LogP contribution in [0.5, 0.6) is 0 Å². The normalized spacial score (nSPS) is 21.1. The van der Waals surface area contributed by atoms with Gasteiger partial charge in [-0.3, -0.25) is 0 Å². The Balaban J connectivity index is 2.28. The van der Waals surface area contributed by atoms with E-state index in [1.165, 1.54) is 0 Å². The van der Waals surface area contributed by atoms with Crippen LogP contribution in [0.4, 0.5) is 5.69 Å². The van der Waals surface area contributed by atoms with Crippen LogP contribution in [0, 0.1) is 0 Å². The maximum atomic E-state index is 8.66. The van der Waals surface area contributed by atoms with E-state index in [9.17, 15) is 0 Å². The number of nitrogens with zero attached hydrogens (tertiary/aromatic N) is 2. The van der Waals surface area contributed by atoms with E-state index in [1.54, 1.807) is 6.07 Å². The zero-order chi connectivity index (χ0) is 13.1. The number of rotatable bonds is 2. The molecule has 18 heavy (non-hydrogen) atoms. The van der Waals surface area contributed by atoms with E-state index in [0.29, 0.717) is 16.6 Å². The van der Waals surface area contributed by atoms with Crippen LogP contribution in [0.15, 0.2) is 23.4 Å². The summed E-state index contributed by atoms with van der Waals surface area (Å²) in [5.74, 6) is 2.29. The number of hydrogen-bond donors (Lipinski definition) is 2. The van der Waals surface area contributed by atoms with E-state index in [-0.39, 0.29) is 5.84 Å². The summed E-state index contributed by atoms with van der Waals surface area (Å²) in [6.45, 7) is 3.22. The lowest BCUT2D eigenvalue weighted by Crippen LogP contribution is -2.40. The molecule has 1 atom stereocenters. The summed E-state index contributed by atoms with van der Waals surface area (Å²) in [6.07, 6.45) is 0. The van der Waals surface area contributed by atoms with Gasteiger partial charge in [0, 0.05) is 35.3 Å². The molecule has 1 heterocycles. The molecule has 3 N–H and O–H groups in total. The first-order chi connectivity index (χ1) is 8.63. The smallest absolute Gasteiger partial charge is 0.171 e. The molecule has 0 spiro atoms. The monoisotopic (exact) mass is 285 g/mol. The first-order valence-corrected chi connectivity index (χ1v) is 7.28. The first kappa shape index (κ1) is 13.4. The van der Waals surface area contributed by atoms with Gasteiger partial charge in [-0.2, -0.15) is 11.8 Å². The summed E-state index contributed by atoms with van der Waals surface area (Å²) in [4.78, 5) is 2.33. The predicted molar refractivity (Wildman–Crippen MR) is 78.1 cm³/mol. The summed E-state index contributed by atoms with van der Waals surface area (Å²) in [5.41, 5.74) is 7.19. The molecule has 1 aromatic carbocycles. The molecule has 4 nitrogen and oxygen atoms in total. The van der Waals surface area contributed by atoms with Gasteiger partial charge < -0.3 is 15.8 Å². The van der Waals surface area contributed by atoms with Gasteiger partial charge in [-0.25, -0.2) is 0 Å². The molecule has 0 bridgehead atoms. The number of benzene rings is 1. The fraction of sp³-hybridized carbons (Fsp3) is 0.417. The van der Waals surface area contributed by atoms with Crippen molar-refractivity contribution in [3.05, 3.63) is 28.8 Å². The molecule has 1 saturated heterocycles. The molecule has 1 aliphatic rings. The topological polar surface area (TPSA) is 61.8 Å². The minimum atomic E-state index is 0.0359. The van der Waals surface area contributed by atoms with E-state index in [4.69, 9.17) is 22.5 Å². The van der Waals surface area contributed by atoms with Gasteiger partial charge >= 0.3 is 0 Å². The second-order valence-electron chi connectivity index (χ2n) is 4.27. The van der Waals surface area contributed by atoms with Crippen molar-refractivity contribution in [1.82, 2.24) is 0 Å². The molecule has 1 aliphatic heterocycles. The van der Waals surface area contributed by atoms with E-state index in [2.05, 4.69) is 17.0 Å². The van der Waals surface area contributed by atoms with Gasteiger partial charge in [-0.15, -0.1) is 0 Å². The van der Waals surface area contributed by atoms with E-state index < -0.39 is 0 Å². The Kier molecular flexibility index (Phi) is 4.24. The molecule has 1 fully saturated rings. The third kappa shape index (κ3) is 2.67. The van der Waals surface area contributed by atoms with Gasteiger partial charge in [0.2, 0.25) is 0 Å². The number of nitrogens with two attached hydrogens (primary N) is 1. The summed E-state index contributed by atoms with van der Waals surface area (Å²) in [7, 11) is 0. The third-order valence-electron chi connectivity index (χ3n) is 3.04. The van der Waals surface area contributed by atoms with Gasteiger partial charge in [0.25, 0.3) is 0 Å². The molecule has 0 aliphatic carbocycles. The largest absolute Gasteiger partial charge is 0.409 e. The van der Waals surface area contributed by atoms with Gasteiger partial charge in [0.05, 0.1) is 5.02 Å². The third-order valence-corrected chi connectivity index (χ3v) is 4.54. The first-order valence-electron chi connectivity index (χ1n) is 5.75. The highest BCUT2D eigenvalue weighted by molar-refractivity contribution is 7.99. The quantitative estimate of drug-likeness (QED) is 0.379. The Hall–Kier alpha value is -1.07. The van der Waals surface area contributed by atoms with Crippen molar-refractivity contribution >= 4 is 34.9 Å². The van der Waals surface area contributed by atoms with Crippen molar-refractivity contribution in [3.8, 4) is 0 Å². The minimum absolute atomic E-state index is 0.0359. The predicted octanol–water partition coefficient (Wildman–Crippen LogP) is 2.38. The summed E-state index contributed by atoms with van der Waals surface area (Å²) < 4.78 is 0. The minimum Gasteiger partial charge on any atom is -0.409 e. The summed E-state index contributed by atoms with van der Waals surface area (Å²) in [6, 6.07) is 6.13. The Morgan fingerprint density at radius 3 is 3.00 bits per heavy atom. The zero-order valence-corrected chi connectivity index (χ0v) is 11.7. The number of oxime groups is 1. The lowest BCUT2D eigenvalue weighted by molar-refractivity contribution is 0.318. The number of halogens is 1. The maximum Gasteiger partial charge on any atom is 0.171 e. The van der Waals surface area contributed by atoms with E-state index >= 15 is 0 Å². The second-order valence-corrected chi connectivity index (χ2v) is 5.82. The molecular formula is C12H16ClN3OS. The van der Waals surface area contributed by atoms with Gasteiger partial charge in [-0.1, -0.05) is 16.8 Å². The van der Waals surface area contributed by atoms with Gasteiger partial charge in [0.1, 0.15) is 0 Å². The van der Waals surface area contributed by atoms with Crippen LogP contribution >= 0.6 is 23.4 Å². The van der Waals surface area contributed by atoms with E-state index in [1.807, 2.05) is 23.9 Å². The van der Waals surface area contributed by atoms with Crippen molar-refractivity contribution in [2.24, 2.45) is 10.9 Å². The number of anilines is 1. The Bertz CT molecular complexity index is 467. The molecule has 0 aromatic heterocycles. The molecule has 1 unspecified atom stereocenters. The molecule has 98 valence electrons.